The lowest BCUT2D eigenvalue weighted by Gasteiger charge is -2.15. The van der Waals surface area contributed by atoms with Crippen LogP contribution in [-0.2, 0) is 4.43 Å². The van der Waals surface area contributed by atoms with Gasteiger partial charge in [0.1, 0.15) is 0 Å². The van der Waals surface area contributed by atoms with Crippen LogP contribution in [0, 0.1) is 0 Å². The van der Waals surface area contributed by atoms with Crippen LogP contribution in [0.1, 0.15) is 90.9 Å². The molecule has 1 nitrogen and oxygen atoms in total. The van der Waals surface area contributed by atoms with E-state index >= 15 is 0 Å². The Labute approximate surface area is 112 Å². The maximum Gasteiger partial charge on any atom is 0.175 e. The van der Waals surface area contributed by atoms with Crippen molar-refractivity contribution in [1.29, 1.82) is 0 Å². The van der Waals surface area contributed by atoms with Crippen molar-refractivity contribution in [2.75, 3.05) is 0 Å². The predicted octanol–water partition coefficient (Wildman–Crippen LogP) is 4.64. The number of unbranched alkanes of at least 4 members (excludes halogenated alkanes) is 8. The quantitative estimate of drug-likeness (QED) is 0.345. The highest BCUT2D eigenvalue weighted by Gasteiger charge is 2.05. The second-order valence-electron chi connectivity index (χ2n) is 5.19. The summed E-state index contributed by atoms with van der Waals surface area (Å²) in [5, 5.41) is 0. The van der Waals surface area contributed by atoms with Crippen molar-refractivity contribution in [3.05, 3.63) is 0 Å². The molecule has 0 aliphatic carbocycles. The van der Waals surface area contributed by atoms with Crippen LogP contribution < -0.4 is 0 Å². The van der Waals surface area contributed by atoms with Crippen molar-refractivity contribution in [3.63, 3.8) is 0 Å². The van der Waals surface area contributed by atoms with E-state index in [4.69, 9.17) is 4.43 Å². The van der Waals surface area contributed by atoms with Crippen molar-refractivity contribution in [2.45, 2.75) is 97.0 Å². The van der Waals surface area contributed by atoms with Crippen LogP contribution in [0.3, 0.4) is 0 Å². The van der Waals surface area contributed by atoms with Crippen LogP contribution in [-0.4, -0.2) is 16.6 Å². The maximum atomic E-state index is 5.59. The number of rotatable bonds is 13. The summed E-state index contributed by atoms with van der Waals surface area (Å²) in [5.41, 5.74) is 0. The van der Waals surface area contributed by atoms with Gasteiger partial charge in [-0.3, -0.25) is 0 Å². The van der Waals surface area contributed by atoms with Gasteiger partial charge in [-0.1, -0.05) is 78.1 Å². The standard InChI is InChI=1S/C15H33OSi/c1-3-5-7-9-11-13-15(16-17)14-12-10-8-6-4-2/h15H,3-14,17H2,1-2H3. The van der Waals surface area contributed by atoms with Crippen LogP contribution >= 0.6 is 0 Å². The zero-order valence-electron chi connectivity index (χ0n) is 12.2. The zero-order valence-corrected chi connectivity index (χ0v) is 13.6. The monoisotopic (exact) mass is 257 g/mol. The normalized spacial score (nSPS) is 11.3. The summed E-state index contributed by atoms with van der Waals surface area (Å²) in [6.45, 7) is 4.55. The third-order valence-electron chi connectivity index (χ3n) is 3.50. The fourth-order valence-corrected chi connectivity index (χ4v) is 2.60. The summed E-state index contributed by atoms with van der Waals surface area (Å²) in [5.74, 6) is 0. The molecule has 0 amide bonds. The van der Waals surface area contributed by atoms with E-state index in [1.807, 2.05) is 0 Å². The molecule has 0 heterocycles. The zero-order chi connectivity index (χ0) is 12.8. The molecule has 0 saturated carbocycles. The van der Waals surface area contributed by atoms with Crippen molar-refractivity contribution in [2.24, 2.45) is 0 Å². The summed E-state index contributed by atoms with van der Waals surface area (Å²) >= 11 is 0. The SMILES string of the molecule is CCCCCCCC(CCCCCCC)O[SiH2]. The molecule has 0 atom stereocenters. The van der Waals surface area contributed by atoms with E-state index in [1.54, 1.807) is 10.5 Å². The first-order valence-corrected chi connectivity index (χ1v) is 8.33. The molecule has 0 fully saturated rings. The molecule has 103 valence electrons. The van der Waals surface area contributed by atoms with E-state index < -0.39 is 0 Å². The van der Waals surface area contributed by atoms with Gasteiger partial charge in [0.05, 0.1) is 0 Å². The Hall–Kier alpha value is 0.177. The molecule has 1 radical (unpaired) electrons. The van der Waals surface area contributed by atoms with E-state index in [1.165, 1.54) is 77.0 Å². The third-order valence-corrected chi connectivity index (χ3v) is 3.97. The molecule has 0 N–H and O–H groups in total. The highest BCUT2D eigenvalue weighted by Crippen LogP contribution is 2.15. The Kier molecular flexibility index (Phi) is 14.4. The Morgan fingerprint density at radius 2 is 1.12 bits per heavy atom. The molecular formula is C15H33OSi. The largest absolute Gasteiger partial charge is 0.422 e. The molecule has 0 aromatic heterocycles. The molecule has 0 aromatic carbocycles. The predicted molar refractivity (Wildman–Crippen MR) is 80.2 cm³/mol. The summed E-state index contributed by atoms with van der Waals surface area (Å²) in [6, 6.07) is 0. The fraction of sp³-hybridized carbons (Fsp3) is 1.00. The number of hydrogen-bond donors (Lipinski definition) is 0. The van der Waals surface area contributed by atoms with Gasteiger partial charge in [-0.15, -0.1) is 0 Å². The third kappa shape index (κ3) is 12.4. The van der Waals surface area contributed by atoms with Gasteiger partial charge >= 0.3 is 0 Å². The van der Waals surface area contributed by atoms with Gasteiger partial charge in [-0.05, 0) is 12.8 Å². The van der Waals surface area contributed by atoms with Crippen molar-refractivity contribution < 1.29 is 4.43 Å². The number of hydrogen-bond acceptors (Lipinski definition) is 1. The summed E-state index contributed by atoms with van der Waals surface area (Å²) in [7, 11) is 1.68. The molecule has 0 spiro atoms. The lowest BCUT2D eigenvalue weighted by molar-refractivity contribution is 0.189. The first-order chi connectivity index (χ1) is 8.35. The average Bonchev–Trinajstić information content (AvgIpc) is 2.36. The van der Waals surface area contributed by atoms with Gasteiger partial charge in [-0.25, -0.2) is 0 Å². The summed E-state index contributed by atoms with van der Waals surface area (Å²) in [4.78, 5) is 0. The molecule has 0 aromatic rings. The van der Waals surface area contributed by atoms with Gasteiger partial charge in [0.2, 0.25) is 0 Å². The Morgan fingerprint density at radius 1 is 0.706 bits per heavy atom. The highest BCUT2D eigenvalue weighted by atomic mass is 28.2. The van der Waals surface area contributed by atoms with Crippen LogP contribution in [0.25, 0.3) is 0 Å². The molecular weight excluding hydrogens is 224 g/mol. The first-order valence-electron chi connectivity index (χ1n) is 7.76. The van der Waals surface area contributed by atoms with Gasteiger partial charge < -0.3 is 4.43 Å². The minimum Gasteiger partial charge on any atom is -0.422 e. The van der Waals surface area contributed by atoms with Crippen LogP contribution in [0.5, 0.6) is 0 Å². The fourth-order valence-electron chi connectivity index (χ4n) is 2.26. The van der Waals surface area contributed by atoms with Crippen molar-refractivity contribution >= 4 is 10.5 Å². The van der Waals surface area contributed by atoms with Crippen LogP contribution in [0.4, 0.5) is 0 Å². The molecule has 0 unspecified atom stereocenters. The molecule has 0 aliphatic rings. The lowest BCUT2D eigenvalue weighted by Crippen LogP contribution is -2.11. The van der Waals surface area contributed by atoms with E-state index in [0.29, 0.717) is 6.10 Å². The highest BCUT2D eigenvalue weighted by molar-refractivity contribution is 5.98. The Balaban J connectivity index is 3.30. The minimum atomic E-state index is 0.539. The summed E-state index contributed by atoms with van der Waals surface area (Å²) in [6.07, 6.45) is 16.9. The average molecular weight is 258 g/mol. The van der Waals surface area contributed by atoms with Gasteiger partial charge in [0.15, 0.2) is 10.5 Å². The van der Waals surface area contributed by atoms with E-state index in [-0.39, 0.29) is 0 Å². The molecule has 0 saturated heterocycles. The van der Waals surface area contributed by atoms with Crippen LogP contribution in [0.15, 0.2) is 0 Å². The Bertz CT molecular complexity index is 125. The smallest absolute Gasteiger partial charge is 0.175 e. The molecule has 0 bridgehead atoms. The summed E-state index contributed by atoms with van der Waals surface area (Å²) < 4.78 is 5.59. The second-order valence-corrected chi connectivity index (χ2v) is 5.53. The Morgan fingerprint density at radius 3 is 1.47 bits per heavy atom. The van der Waals surface area contributed by atoms with Crippen molar-refractivity contribution in [1.82, 2.24) is 0 Å². The van der Waals surface area contributed by atoms with E-state index in [9.17, 15) is 0 Å². The molecule has 0 rings (SSSR count). The topological polar surface area (TPSA) is 9.23 Å². The minimum absolute atomic E-state index is 0.539. The van der Waals surface area contributed by atoms with Gasteiger partial charge in [0.25, 0.3) is 0 Å². The molecule has 0 aliphatic heterocycles. The van der Waals surface area contributed by atoms with Crippen molar-refractivity contribution in [3.8, 4) is 0 Å². The van der Waals surface area contributed by atoms with Gasteiger partial charge in [-0.2, -0.15) is 0 Å². The van der Waals surface area contributed by atoms with E-state index in [0.717, 1.165) is 0 Å². The first kappa shape index (κ1) is 17.2. The molecule has 2 heteroatoms. The molecule has 17 heavy (non-hydrogen) atoms. The second kappa shape index (κ2) is 14.2. The lowest BCUT2D eigenvalue weighted by atomic mass is 10.0. The van der Waals surface area contributed by atoms with E-state index in [2.05, 4.69) is 13.8 Å². The van der Waals surface area contributed by atoms with Gasteiger partial charge in [0, 0.05) is 6.10 Å². The van der Waals surface area contributed by atoms with Crippen LogP contribution in [0.2, 0.25) is 0 Å². The maximum absolute atomic E-state index is 5.59.